The van der Waals surface area contributed by atoms with Crippen molar-refractivity contribution < 1.29 is 4.79 Å². The van der Waals surface area contributed by atoms with E-state index in [-0.39, 0.29) is 18.3 Å². The molecule has 0 aliphatic carbocycles. The molecule has 0 radical (unpaired) electrons. The predicted molar refractivity (Wildman–Crippen MR) is 71.5 cm³/mol. The van der Waals surface area contributed by atoms with Crippen LogP contribution in [0.15, 0.2) is 0 Å². The van der Waals surface area contributed by atoms with E-state index in [1.54, 1.807) is 0 Å². The maximum absolute atomic E-state index is 12.0. The number of carbonyl (C=O) groups is 1. The quantitative estimate of drug-likeness (QED) is 0.807. The number of carbonyl (C=O) groups excluding carboxylic acids is 1. The molecule has 0 saturated carbocycles. The van der Waals surface area contributed by atoms with Crippen LogP contribution in [0.25, 0.3) is 0 Å². The van der Waals surface area contributed by atoms with Gasteiger partial charge in [0.1, 0.15) is 0 Å². The van der Waals surface area contributed by atoms with Crippen molar-refractivity contribution in [3.8, 4) is 0 Å². The van der Waals surface area contributed by atoms with Crippen LogP contribution in [0, 0.1) is 5.92 Å². The van der Waals surface area contributed by atoms with Gasteiger partial charge >= 0.3 is 0 Å². The summed E-state index contributed by atoms with van der Waals surface area (Å²) >= 11 is 0. The first-order chi connectivity index (χ1) is 7.72. The number of rotatable bonds is 3. The highest BCUT2D eigenvalue weighted by molar-refractivity contribution is 5.85. The summed E-state index contributed by atoms with van der Waals surface area (Å²) in [6.07, 6.45) is 2.27. The summed E-state index contributed by atoms with van der Waals surface area (Å²) in [4.78, 5) is 16.5. The monoisotopic (exact) mass is 261 g/mol. The zero-order chi connectivity index (χ0) is 11.5. The van der Waals surface area contributed by atoms with E-state index in [1.165, 1.54) is 0 Å². The maximum atomic E-state index is 12.0. The van der Waals surface area contributed by atoms with E-state index in [9.17, 15) is 4.79 Å². The molecule has 2 heterocycles. The first kappa shape index (κ1) is 14.7. The number of hydrogen-bond acceptors (Lipinski definition) is 3. The van der Waals surface area contributed by atoms with Gasteiger partial charge in [-0.1, -0.05) is 6.92 Å². The number of piperidine rings is 1. The lowest BCUT2D eigenvalue weighted by molar-refractivity contribution is -0.138. The number of halogens is 1. The Labute approximate surface area is 110 Å². The molecule has 0 unspecified atom stereocenters. The van der Waals surface area contributed by atoms with Crippen molar-refractivity contribution in [2.45, 2.75) is 25.8 Å². The number of hydrogen-bond donors (Lipinski definition) is 1. The van der Waals surface area contributed by atoms with Crippen LogP contribution < -0.4 is 5.32 Å². The minimum absolute atomic E-state index is 0. The normalized spacial score (nSPS) is 22.7. The van der Waals surface area contributed by atoms with Crippen molar-refractivity contribution in [3.63, 3.8) is 0 Å². The molecule has 0 spiro atoms. The molecular weight excluding hydrogens is 238 g/mol. The summed E-state index contributed by atoms with van der Waals surface area (Å²) in [7, 11) is 1.98. The zero-order valence-corrected chi connectivity index (χ0v) is 11.6. The van der Waals surface area contributed by atoms with Crippen molar-refractivity contribution in [3.05, 3.63) is 0 Å². The first-order valence-electron chi connectivity index (χ1n) is 6.42. The Hall–Kier alpha value is -0.320. The van der Waals surface area contributed by atoms with Crippen LogP contribution in [-0.4, -0.2) is 61.5 Å². The first-order valence-corrected chi connectivity index (χ1v) is 6.42. The molecule has 100 valence electrons. The molecule has 2 aliphatic heterocycles. The molecular formula is C12H24ClN3O. The topological polar surface area (TPSA) is 35.6 Å². The third-order valence-electron chi connectivity index (χ3n) is 4.03. The Kier molecular flexibility index (Phi) is 5.70. The van der Waals surface area contributed by atoms with Gasteiger partial charge < -0.3 is 15.1 Å². The molecule has 0 aromatic rings. The average Bonchev–Trinajstić information content (AvgIpc) is 2.26. The van der Waals surface area contributed by atoms with Crippen LogP contribution in [0.5, 0.6) is 0 Å². The minimum atomic E-state index is 0. The average molecular weight is 262 g/mol. The smallest absolute Gasteiger partial charge is 0.228 e. The molecule has 0 atom stereocenters. The molecule has 4 nitrogen and oxygen atoms in total. The second-order valence-electron chi connectivity index (χ2n) is 4.97. The Morgan fingerprint density at radius 3 is 2.35 bits per heavy atom. The second-order valence-corrected chi connectivity index (χ2v) is 4.97. The number of likely N-dealkylation sites (tertiary alicyclic amines) is 1. The van der Waals surface area contributed by atoms with Crippen LogP contribution in [0.3, 0.4) is 0 Å². The van der Waals surface area contributed by atoms with E-state index in [1.807, 2.05) is 11.9 Å². The molecule has 2 fully saturated rings. The van der Waals surface area contributed by atoms with E-state index in [4.69, 9.17) is 0 Å². The lowest BCUT2D eigenvalue weighted by Gasteiger charge is -2.39. The molecule has 0 bridgehead atoms. The second kappa shape index (κ2) is 6.57. The summed E-state index contributed by atoms with van der Waals surface area (Å²) < 4.78 is 0. The predicted octanol–water partition coefficient (Wildman–Crippen LogP) is 0.570. The van der Waals surface area contributed by atoms with Gasteiger partial charge in [0.15, 0.2) is 0 Å². The molecule has 2 aliphatic rings. The summed E-state index contributed by atoms with van der Waals surface area (Å²) in [5, 5.41) is 3.16. The molecule has 2 saturated heterocycles. The fraction of sp³-hybridized carbons (Fsp3) is 0.917. The van der Waals surface area contributed by atoms with Gasteiger partial charge in [0.25, 0.3) is 0 Å². The molecule has 1 amide bonds. The Balaban J connectivity index is 0.00000144. The summed E-state index contributed by atoms with van der Waals surface area (Å²) in [6.45, 7) is 7.36. The van der Waals surface area contributed by atoms with E-state index >= 15 is 0 Å². The van der Waals surface area contributed by atoms with E-state index in [0.717, 1.165) is 45.6 Å². The Morgan fingerprint density at radius 1 is 1.35 bits per heavy atom. The number of nitrogens with one attached hydrogen (secondary N) is 1. The molecule has 2 rings (SSSR count). The van der Waals surface area contributed by atoms with Crippen molar-refractivity contribution in [1.82, 2.24) is 15.1 Å². The van der Waals surface area contributed by atoms with Gasteiger partial charge in [-0.3, -0.25) is 4.79 Å². The van der Waals surface area contributed by atoms with Crippen molar-refractivity contribution in [2.24, 2.45) is 5.92 Å². The lowest BCUT2D eigenvalue weighted by atomic mass is 9.98. The van der Waals surface area contributed by atoms with Crippen LogP contribution >= 0.6 is 12.4 Å². The minimum Gasteiger partial charge on any atom is -0.342 e. The third-order valence-corrected chi connectivity index (χ3v) is 4.03. The molecule has 17 heavy (non-hydrogen) atoms. The summed E-state index contributed by atoms with van der Waals surface area (Å²) in [5.74, 6) is 0.586. The van der Waals surface area contributed by atoms with Crippen LogP contribution in [0.2, 0.25) is 0 Å². The lowest BCUT2D eigenvalue weighted by Crippen LogP contribution is -2.54. The Morgan fingerprint density at radius 2 is 1.94 bits per heavy atom. The summed E-state index contributed by atoms with van der Waals surface area (Å²) in [6, 6.07) is 0.468. The van der Waals surface area contributed by atoms with E-state index in [2.05, 4.69) is 17.1 Å². The van der Waals surface area contributed by atoms with Gasteiger partial charge in [0, 0.05) is 39.3 Å². The van der Waals surface area contributed by atoms with E-state index < -0.39 is 0 Å². The van der Waals surface area contributed by atoms with E-state index in [0.29, 0.717) is 11.9 Å². The highest BCUT2D eigenvalue weighted by atomic mass is 35.5. The maximum Gasteiger partial charge on any atom is 0.228 e. The zero-order valence-electron chi connectivity index (χ0n) is 10.8. The standard InChI is InChI=1S/C12H23N3O.ClH/c1-3-15-6-4-11(5-7-15)14(2)12(16)10-8-13-9-10;/h10-11,13H,3-9H2,1-2H3;1H. The van der Waals surface area contributed by atoms with Gasteiger partial charge in [-0.2, -0.15) is 0 Å². The Bertz CT molecular complexity index is 250. The van der Waals surface area contributed by atoms with Crippen LogP contribution in [0.1, 0.15) is 19.8 Å². The highest BCUT2D eigenvalue weighted by Gasteiger charge is 2.32. The van der Waals surface area contributed by atoms with Gasteiger partial charge in [-0.15, -0.1) is 12.4 Å². The van der Waals surface area contributed by atoms with Gasteiger partial charge in [0.05, 0.1) is 5.92 Å². The third kappa shape index (κ3) is 3.33. The van der Waals surface area contributed by atoms with Gasteiger partial charge in [-0.25, -0.2) is 0 Å². The van der Waals surface area contributed by atoms with Crippen LogP contribution in [-0.2, 0) is 4.79 Å². The largest absolute Gasteiger partial charge is 0.342 e. The molecule has 1 N–H and O–H groups in total. The molecule has 0 aromatic heterocycles. The highest BCUT2D eigenvalue weighted by Crippen LogP contribution is 2.18. The van der Waals surface area contributed by atoms with Crippen molar-refractivity contribution in [1.29, 1.82) is 0 Å². The number of amides is 1. The number of nitrogens with zero attached hydrogens (tertiary/aromatic N) is 2. The molecule has 0 aromatic carbocycles. The van der Waals surface area contributed by atoms with Crippen molar-refractivity contribution in [2.75, 3.05) is 39.8 Å². The van der Waals surface area contributed by atoms with Gasteiger partial charge in [-0.05, 0) is 19.4 Å². The fourth-order valence-corrected chi connectivity index (χ4v) is 2.55. The molecule has 5 heteroatoms. The SMILES string of the molecule is CCN1CCC(N(C)C(=O)C2CNC2)CC1.Cl. The van der Waals surface area contributed by atoms with Crippen LogP contribution in [0.4, 0.5) is 0 Å². The van der Waals surface area contributed by atoms with Crippen molar-refractivity contribution >= 4 is 18.3 Å². The fourth-order valence-electron chi connectivity index (χ4n) is 2.55. The summed E-state index contributed by atoms with van der Waals surface area (Å²) in [5.41, 5.74) is 0. The van der Waals surface area contributed by atoms with Gasteiger partial charge in [0.2, 0.25) is 5.91 Å².